The number of nitrogens with one attached hydrogen (secondary N) is 2. The molecule has 1 heterocycles. The molecule has 7 heteroatoms. The molecule has 24 heavy (non-hydrogen) atoms. The summed E-state index contributed by atoms with van der Waals surface area (Å²) in [5.74, 6) is 0.509. The lowest BCUT2D eigenvalue weighted by Crippen LogP contribution is -2.38. The van der Waals surface area contributed by atoms with Gasteiger partial charge in [-0.05, 0) is 44.0 Å². The first-order valence-corrected chi connectivity index (χ1v) is 7.79. The average molecular weight is 445 g/mol. The second kappa shape index (κ2) is 9.61. The standard InChI is InChI=1S/C17H24FN5.HI/c1-5-19-17(20-11-15-8-9-21-23(15)4)22-13(3)14-7-6-12(2)16(18)10-14;/h6-10,13H,5,11H2,1-4H3,(H2,19,20,22);1H. The molecule has 1 aromatic carbocycles. The zero-order chi connectivity index (χ0) is 16.8. The molecule has 2 N–H and O–H groups in total. The van der Waals surface area contributed by atoms with Crippen LogP contribution in [0.4, 0.5) is 4.39 Å². The maximum Gasteiger partial charge on any atom is 0.192 e. The zero-order valence-electron chi connectivity index (χ0n) is 14.5. The summed E-state index contributed by atoms with van der Waals surface area (Å²) in [5.41, 5.74) is 2.56. The maximum absolute atomic E-state index is 13.7. The highest BCUT2D eigenvalue weighted by molar-refractivity contribution is 14.0. The van der Waals surface area contributed by atoms with Crippen LogP contribution in [0.2, 0.25) is 0 Å². The van der Waals surface area contributed by atoms with Crippen LogP contribution in [-0.2, 0) is 13.6 Å². The third-order valence-corrected chi connectivity index (χ3v) is 3.71. The van der Waals surface area contributed by atoms with Crippen molar-refractivity contribution in [1.29, 1.82) is 0 Å². The van der Waals surface area contributed by atoms with Gasteiger partial charge in [-0.25, -0.2) is 9.38 Å². The van der Waals surface area contributed by atoms with E-state index in [2.05, 4.69) is 20.7 Å². The molecular formula is C17H25FIN5. The van der Waals surface area contributed by atoms with E-state index in [0.717, 1.165) is 17.8 Å². The van der Waals surface area contributed by atoms with Crippen molar-refractivity contribution in [3.05, 3.63) is 53.1 Å². The predicted octanol–water partition coefficient (Wildman–Crippen LogP) is 3.30. The number of guanidine groups is 1. The number of aliphatic imine (C=N–C) groups is 1. The molecule has 0 radical (unpaired) electrons. The van der Waals surface area contributed by atoms with Crippen LogP contribution in [0.1, 0.15) is 36.7 Å². The van der Waals surface area contributed by atoms with Gasteiger partial charge in [-0.15, -0.1) is 24.0 Å². The van der Waals surface area contributed by atoms with Gasteiger partial charge in [0.2, 0.25) is 0 Å². The number of benzene rings is 1. The SMILES string of the molecule is CCNC(=NCc1ccnn1C)NC(C)c1ccc(C)c(F)c1.I. The summed E-state index contributed by atoms with van der Waals surface area (Å²) in [4.78, 5) is 4.56. The van der Waals surface area contributed by atoms with Gasteiger partial charge in [-0.2, -0.15) is 5.10 Å². The molecule has 0 aliphatic heterocycles. The molecule has 0 saturated heterocycles. The van der Waals surface area contributed by atoms with E-state index in [1.807, 2.05) is 33.0 Å². The molecule has 0 fully saturated rings. The molecule has 0 amide bonds. The molecule has 1 unspecified atom stereocenters. The van der Waals surface area contributed by atoms with E-state index in [1.165, 1.54) is 0 Å². The Labute approximate surface area is 159 Å². The highest BCUT2D eigenvalue weighted by Gasteiger charge is 2.10. The first-order valence-electron chi connectivity index (χ1n) is 7.79. The van der Waals surface area contributed by atoms with E-state index in [4.69, 9.17) is 0 Å². The van der Waals surface area contributed by atoms with Gasteiger partial charge in [-0.1, -0.05) is 12.1 Å². The van der Waals surface area contributed by atoms with Crippen LogP contribution < -0.4 is 10.6 Å². The number of hydrogen-bond donors (Lipinski definition) is 2. The van der Waals surface area contributed by atoms with Crippen molar-refractivity contribution >= 4 is 29.9 Å². The van der Waals surface area contributed by atoms with Gasteiger partial charge in [0.15, 0.2) is 5.96 Å². The first-order chi connectivity index (χ1) is 11.0. The Balaban J connectivity index is 0.00000288. The Morgan fingerprint density at radius 3 is 2.71 bits per heavy atom. The van der Waals surface area contributed by atoms with Crippen molar-refractivity contribution in [2.24, 2.45) is 12.0 Å². The van der Waals surface area contributed by atoms with Crippen molar-refractivity contribution in [2.75, 3.05) is 6.54 Å². The minimum atomic E-state index is -0.187. The largest absolute Gasteiger partial charge is 0.357 e. The van der Waals surface area contributed by atoms with Crippen molar-refractivity contribution in [3.63, 3.8) is 0 Å². The average Bonchev–Trinajstić information content (AvgIpc) is 2.93. The van der Waals surface area contributed by atoms with Gasteiger partial charge < -0.3 is 10.6 Å². The molecule has 0 spiro atoms. The van der Waals surface area contributed by atoms with Crippen LogP contribution in [0.5, 0.6) is 0 Å². The molecule has 0 aliphatic rings. The van der Waals surface area contributed by atoms with Crippen LogP contribution >= 0.6 is 24.0 Å². The number of halogens is 2. The summed E-state index contributed by atoms with van der Waals surface area (Å²) in [6.07, 6.45) is 1.75. The van der Waals surface area contributed by atoms with Gasteiger partial charge in [-0.3, -0.25) is 4.68 Å². The van der Waals surface area contributed by atoms with Crippen LogP contribution in [0.3, 0.4) is 0 Å². The lowest BCUT2D eigenvalue weighted by atomic mass is 10.1. The molecule has 132 valence electrons. The summed E-state index contributed by atoms with van der Waals surface area (Å²) >= 11 is 0. The number of nitrogens with zero attached hydrogens (tertiary/aromatic N) is 3. The van der Waals surface area contributed by atoms with E-state index >= 15 is 0 Å². The zero-order valence-corrected chi connectivity index (χ0v) is 16.8. The Hall–Kier alpha value is -1.64. The topological polar surface area (TPSA) is 54.2 Å². The van der Waals surface area contributed by atoms with E-state index in [0.29, 0.717) is 18.1 Å². The Morgan fingerprint density at radius 1 is 1.38 bits per heavy atom. The molecule has 2 aromatic rings. The molecule has 2 rings (SSSR count). The molecular weight excluding hydrogens is 420 g/mol. The van der Waals surface area contributed by atoms with E-state index < -0.39 is 0 Å². The molecule has 5 nitrogen and oxygen atoms in total. The highest BCUT2D eigenvalue weighted by Crippen LogP contribution is 2.16. The van der Waals surface area contributed by atoms with Crippen molar-refractivity contribution in [3.8, 4) is 0 Å². The lowest BCUT2D eigenvalue weighted by molar-refractivity contribution is 0.607. The van der Waals surface area contributed by atoms with Crippen LogP contribution in [0.15, 0.2) is 35.5 Å². The van der Waals surface area contributed by atoms with Gasteiger partial charge in [0, 0.05) is 19.8 Å². The van der Waals surface area contributed by atoms with Gasteiger partial charge in [0.25, 0.3) is 0 Å². The van der Waals surface area contributed by atoms with Crippen LogP contribution in [-0.4, -0.2) is 22.3 Å². The normalized spacial score (nSPS) is 12.5. The van der Waals surface area contributed by atoms with Crippen molar-refractivity contribution in [2.45, 2.75) is 33.4 Å². The predicted molar refractivity (Wildman–Crippen MR) is 106 cm³/mol. The Morgan fingerprint density at radius 2 is 2.12 bits per heavy atom. The van der Waals surface area contributed by atoms with Crippen LogP contribution in [0.25, 0.3) is 0 Å². The maximum atomic E-state index is 13.7. The molecule has 0 aliphatic carbocycles. The first kappa shape index (κ1) is 20.4. The minimum absolute atomic E-state index is 0. The van der Waals surface area contributed by atoms with Gasteiger partial charge in [0.1, 0.15) is 5.82 Å². The Kier molecular flexibility index (Phi) is 8.17. The van der Waals surface area contributed by atoms with Gasteiger partial charge in [0.05, 0.1) is 18.3 Å². The molecule has 1 atom stereocenters. The third-order valence-electron chi connectivity index (χ3n) is 3.71. The fourth-order valence-corrected chi connectivity index (χ4v) is 2.20. The molecule has 0 saturated carbocycles. The van der Waals surface area contributed by atoms with E-state index in [9.17, 15) is 4.39 Å². The highest BCUT2D eigenvalue weighted by atomic mass is 127. The Bertz CT molecular complexity index is 683. The quantitative estimate of drug-likeness (QED) is 0.422. The van der Waals surface area contributed by atoms with Crippen LogP contribution in [0, 0.1) is 12.7 Å². The van der Waals surface area contributed by atoms with Gasteiger partial charge >= 0.3 is 0 Å². The summed E-state index contributed by atoms with van der Waals surface area (Å²) in [5, 5.41) is 10.6. The van der Waals surface area contributed by atoms with E-state index in [1.54, 1.807) is 29.9 Å². The summed E-state index contributed by atoms with van der Waals surface area (Å²) in [7, 11) is 1.89. The summed E-state index contributed by atoms with van der Waals surface area (Å²) in [6.45, 7) is 7.04. The third kappa shape index (κ3) is 5.47. The number of hydrogen-bond acceptors (Lipinski definition) is 2. The monoisotopic (exact) mass is 445 g/mol. The molecule has 0 bridgehead atoms. The summed E-state index contributed by atoms with van der Waals surface area (Å²) < 4.78 is 15.5. The molecule has 1 aromatic heterocycles. The summed E-state index contributed by atoms with van der Waals surface area (Å²) in [6, 6.07) is 7.18. The fraction of sp³-hybridized carbons (Fsp3) is 0.412. The van der Waals surface area contributed by atoms with Crippen molar-refractivity contribution in [1.82, 2.24) is 20.4 Å². The smallest absolute Gasteiger partial charge is 0.192 e. The second-order valence-electron chi connectivity index (χ2n) is 5.52. The number of rotatable bonds is 5. The number of aryl methyl sites for hydroxylation is 2. The van der Waals surface area contributed by atoms with E-state index in [-0.39, 0.29) is 35.8 Å². The second-order valence-corrected chi connectivity index (χ2v) is 5.52. The lowest BCUT2D eigenvalue weighted by Gasteiger charge is -2.18. The van der Waals surface area contributed by atoms with Crippen molar-refractivity contribution < 1.29 is 4.39 Å². The number of aromatic nitrogens is 2. The fourth-order valence-electron chi connectivity index (χ4n) is 2.20. The minimum Gasteiger partial charge on any atom is -0.357 e.